The van der Waals surface area contributed by atoms with E-state index in [9.17, 15) is 8.42 Å². The predicted octanol–water partition coefficient (Wildman–Crippen LogP) is 5.25. The van der Waals surface area contributed by atoms with Crippen molar-refractivity contribution in [2.24, 2.45) is 5.92 Å². The molecule has 0 radical (unpaired) electrons. The standard InChI is InChI=1S/C17H22ClNO2S2/c1-13(2)5-3-6-16(17-7-4-12-22-17)19-23(20,21)15-10-8-14(18)9-11-15/h4,7-13,16,19H,3,5-6H2,1-2H3. The average Bonchev–Trinajstić information content (AvgIpc) is 3.00. The Morgan fingerprint density at radius 3 is 2.39 bits per heavy atom. The third kappa shape index (κ3) is 5.60. The molecule has 23 heavy (non-hydrogen) atoms. The highest BCUT2D eigenvalue weighted by molar-refractivity contribution is 7.89. The molecule has 1 N–H and O–H groups in total. The van der Waals surface area contributed by atoms with Gasteiger partial charge in [0, 0.05) is 9.90 Å². The Kier molecular flexibility index (Phi) is 6.65. The van der Waals surface area contributed by atoms with Crippen LogP contribution in [0.25, 0.3) is 0 Å². The summed E-state index contributed by atoms with van der Waals surface area (Å²) in [6, 6.07) is 9.99. The number of hydrogen-bond acceptors (Lipinski definition) is 3. The van der Waals surface area contributed by atoms with Crippen molar-refractivity contribution in [2.45, 2.75) is 44.0 Å². The molecule has 0 fully saturated rings. The summed E-state index contributed by atoms with van der Waals surface area (Å²) in [4.78, 5) is 1.29. The van der Waals surface area contributed by atoms with Crippen LogP contribution in [-0.4, -0.2) is 8.42 Å². The van der Waals surface area contributed by atoms with Crippen molar-refractivity contribution in [3.05, 3.63) is 51.7 Å². The fraction of sp³-hybridized carbons (Fsp3) is 0.412. The fourth-order valence-electron chi connectivity index (χ4n) is 2.35. The molecule has 3 nitrogen and oxygen atoms in total. The van der Waals surface area contributed by atoms with Crippen LogP contribution in [0.1, 0.15) is 44.0 Å². The summed E-state index contributed by atoms with van der Waals surface area (Å²) in [6.07, 6.45) is 2.87. The van der Waals surface area contributed by atoms with Crippen LogP contribution in [0.5, 0.6) is 0 Å². The molecular formula is C17H22ClNO2S2. The van der Waals surface area contributed by atoms with Gasteiger partial charge in [-0.3, -0.25) is 0 Å². The van der Waals surface area contributed by atoms with E-state index in [1.54, 1.807) is 23.5 Å². The zero-order valence-corrected chi connectivity index (χ0v) is 15.7. The van der Waals surface area contributed by atoms with Gasteiger partial charge < -0.3 is 0 Å². The molecule has 1 aromatic heterocycles. The Labute approximate surface area is 147 Å². The van der Waals surface area contributed by atoms with Gasteiger partial charge in [-0.2, -0.15) is 0 Å². The number of nitrogens with one attached hydrogen (secondary N) is 1. The van der Waals surface area contributed by atoms with E-state index in [0.717, 1.165) is 24.1 Å². The topological polar surface area (TPSA) is 46.2 Å². The Balaban J connectivity index is 2.14. The SMILES string of the molecule is CC(C)CCCC(NS(=O)(=O)c1ccc(Cl)cc1)c1cccs1. The van der Waals surface area contributed by atoms with Gasteiger partial charge >= 0.3 is 0 Å². The lowest BCUT2D eigenvalue weighted by Crippen LogP contribution is -2.28. The van der Waals surface area contributed by atoms with Crippen molar-refractivity contribution in [3.8, 4) is 0 Å². The van der Waals surface area contributed by atoms with Crippen LogP contribution in [0.4, 0.5) is 0 Å². The summed E-state index contributed by atoms with van der Waals surface area (Å²) < 4.78 is 28.0. The quantitative estimate of drug-likeness (QED) is 0.689. The van der Waals surface area contributed by atoms with Crippen LogP contribution in [0.2, 0.25) is 5.02 Å². The van der Waals surface area contributed by atoms with Crippen LogP contribution < -0.4 is 4.72 Å². The van der Waals surface area contributed by atoms with Crippen molar-refractivity contribution in [2.75, 3.05) is 0 Å². The number of benzene rings is 1. The lowest BCUT2D eigenvalue weighted by Gasteiger charge is -2.18. The van der Waals surface area contributed by atoms with Gasteiger partial charge in [-0.25, -0.2) is 13.1 Å². The van der Waals surface area contributed by atoms with E-state index in [1.807, 2.05) is 17.5 Å². The molecule has 0 aliphatic rings. The number of sulfonamides is 1. The molecule has 0 amide bonds. The van der Waals surface area contributed by atoms with Crippen LogP contribution in [0.3, 0.4) is 0 Å². The van der Waals surface area contributed by atoms with Gasteiger partial charge in [0.25, 0.3) is 0 Å². The van der Waals surface area contributed by atoms with Crippen molar-refractivity contribution >= 4 is 33.0 Å². The summed E-state index contributed by atoms with van der Waals surface area (Å²) in [6.45, 7) is 4.36. The summed E-state index contributed by atoms with van der Waals surface area (Å²) in [5, 5.41) is 2.50. The Bertz CT molecular complexity index is 695. The van der Waals surface area contributed by atoms with Crippen molar-refractivity contribution < 1.29 is 8.42 Å². The summed E-state index contributed by atoms with van der Waals surface area (Å²) in [7, 11) is -3.55. The molecule has 2 aromatic rings. The maximum atomic E-state index is 12.6. The van der Waals surface area contributed by atoms with E-state index in [4.69, 9.17) is 11.6 Å². The zero-order valence-electron chi connectivity index (χ0n) is 13.3. The van der Waals surface area contributed by atoms with Gasteiger partial charge in [0.2, 0.25) is 10.0 Å². The monoisotopic (exact) mass is 371 g/mol. The first-order valence-corrected chi connectivity index (χ1v) is 10.4. The van der Waals surface area contributed by atoms with E-state index in [1.165, 1.54) is 12.1 Å². The number of thiophene rings is 1. The van der Waals surface area contributed by atoms with Crippen LogP contribution in [-0.2, 0) is 10.0 Å². The summed E-state index contributed by atoms with van der Waals surface area (Å²) >= 11 is 7.41. The minimum absolute atomic E-state index is 0.186. The van der Waals surface area contributed by atoms with E-state index in [0.29, 0.717) is 10.9 Å². The molecule has 1 unspecified atom stereocenters. The minimum atomic E-state index is -3.55. The van der Waals surface area contributed by atoms with E-state index < -0.39 is 10.0 Å². The maximum absolute atomic E-state index is 12.6. The number of hydrogen-bond donors (Lipinski definition) is 1. The Morgan fingerprint density at radius 2 is 1.83 bits per heavy atom. The highest BCUT2D eigenvalue weighted by Crippen LogP contribution is 2.27. The second-order valence-electron chi connectivity index (χ2n) is 5.97. The van der Waals surface area contributed by atoms with Gasteiger partial charge in [-0.1, -0.05) is 44.4 Å². The zero-order chi connectivity index (χ0) is 16.9. The highest BCUT2D eigenvalue weighted by atomic mass is 35.5. The maximum Gasteiger partial charge on any atom is 0.241 e. The van der Waals surface area contributed by atoms with Gasteiger partial charge in [0.1, 0.15) is 0 Å². The summed E-state index contributed by atoms with van der Waals surface area (Å²) in [5.74, 6) is 0.617. The molecule has 126 valence electrons. The first-order valence-electron chi connectivity index (χ1n) is 7.70. The van der Waals surface area contributed by atoms with Gasteiger partial charge in [0.15, 0.2) is 0 Å². The number of rotatable bonds is 8. The third-order valence-electron chi connectivity index (χ3n) is 3.58. The number of halogens is 1. The normalized spacial score (nSPS) is 13.4. The van der Waals surface area contributed by atoms with Gasteiger partial charge in [0.05, 0.1) is 10.9 Å². The summed E-state index contributed by atoms with van der Waals surface area (Å²) in [5.41, 5.74) is 0. The molecule has 6 heteroatoms. The Morgan fingerprint density at radius 1 is 1.13 bits per heavy atom. The van der Waals surface area contributed by atoms with Gasteiger partial charge in [-0.05, 0) is 48.1 Å². The smallest absolute Gasteiger partial charge is 0.207 e. The van der Waals surface area contributed by atoms with Crippen molar-refractivity contribution in [3.63, 3.8) is 0 Å². The highest BCUT2D eigenvalue weighted by Gasteiger charge is 2.22. The molecule has 0 aliphatic carbocycles. The molecule has 2 rings (SSSR count). The van der Waals surface area contributed by atoms with E-state index in [2.05, 4.69) is 18.6 Å². The molecule has 1 atom stereocenters. The minimum Gasteiger partial charge on any atom is -0.207 e. The molecular weight excluding hydrogens is 350 g/mol. The molecule has 1 aromatic carbocycles. The molecule has 0 bridgehead atoms. The van der Waals surface area contributed by atoms with Crippen LogP contribution in [0, 0.1) is 5.92 Å². The predicted molar refractivity (Wildman–Crippen MR) is 97.5 cm³/mol. The van der Waals surface area contributed by atoms with E-state index in [-0.39, 0.29) is 10.9 Å². The first kappa shape index (κ1) is 18.5. The largest absolute Gasteiger partial charge is 0.241 e. The van der Waals surface area contributed by atoms with Crippen LogP contribution in [0.15, 0.2) is 46.7 Å². The molecule has 0 spiro atoms. The second-order valence-corrected chi connectivity index (χ2v) is 9.10. The molecule has 0 saturated carbocycles. The molecule has 0 aliphatic heterocycles. The first-order chi connectivity index (χ1) is 10.9. The fourth-order valence-corrected chi connectivity index (χ4v) is 4.61. The lowest BCUT2D eigenvalue weighted by molar-refractivity contribution is 0.484. The third-order valence-corrected chi connectivity index (χ3v) is 6.31. The lowest BCUT2D eigenvalue weighted by atomic mass is 10.0. The van der Waals surface area contributed by atoms with Gasteiger partial charge in [-0.15, -0.1) is 11.3 Å². The molecule has 0 saturated heterocycles. The van der Waals surface area contributed by atoms with Crippen LogP contribution >= 0.6 is 22.9 Å². The van der Waals surface area contributed by atoms with Crippen molar-refractivity contribution in [1.82, 2.24) is 4.72 Å². The second kappa shape index (κ2) is 8.29. The van der Waals surface area contributed by atoms with E-state index >= 15 is 0 Å². The Hall–Kier alpha value is -0.880. The molecule has 1 heterocycles. The average molecular weight is 372 g/mol. The van der Waals surface area contributed by atoms with Crippen molar-refractivity contribution in [1.29, 1.82) is 0 Å².